The van der Waals surface area contributed by atoms with Crippen molar-refractivity contribution in [2.75, 3.05) is 32.7 Å². The molecule has 0 saturated carbocycles. The highest BCUT2D eigenvalue weighted by molar-refractivity contribution is 7.17. The molecule has 0 aromatic carbocycles. The predicted molar refractivity (Wildman–Crippen MR) is 102 cm³/mol. The van der Waals surface area contributed by atoms with E-state index in [1.165, 1.54) is 4.88 Å². The summed E-state index contributed by atoms with van der Waals surface area (Å²) in [6, 6.07) is 4.32. The first-order valence-electron chi connectivity index (χ1n) is 8.78. The summed E-state index contributed by atoms with van der Waals surface area (Å²) < 4.78 is 1.60. The minimum absolute atomic E-state index is 0.0811. The number of nitrogens with zero attached hydrogens (tertiary/aromatic N) is 5. The number of likely N-dealkylation sites (N-methyl/N-ethyl adjacent to an activating group) is 1. The lowest BCUT2D eigenvalue weighted by molar-refractivity contribution is 0.114. The number of aromatic hydroxyl groups is 1. The molecule has 1 atom stereocenters. The Labute approximate surface area is 155 Å². The molecule has 1 fully saturated rings. The molecule has 1 aliphatic rings. The van der Waals surface area contributed by atoms with Gasteiger partial charge in [-0.15, -0.1) is 16.4 Å². The number of aromatic nitrogens is 3. The van der Waals surface area contributed by atoms with Gasteiger partial charge in [-0.3, -0.25) is 4.90 Å². The van der Waals surface area contributed by atoms with Crippen LogP contribution in [0.3, 0.4) is 0 Å². The Balaban J connectivity index is 1.71. The van der Waals surface area contributed by atoms with E-state index in [0.29, 0.717) is 0 Å². The smallest absolute Gasteiger partial charge is 0.230 e. The normalized spacial score (nSPS) is 18.2. The Morgan fingerprint density at radius 2 is 2.04 bits per heavy atom. The highest BCUT2D eigenvalue weighted by Crippen LogP contribution is 2.41. The topological polar surface area (TPSA) is 56.9 Å². The Bertz CT molecular complexity index is 833. The highest BCUT2D eigenvalue weighted by atomic mass is 32.1. The molecule has 3 aromatic heterocycles. The molecule has 4 rings (SSSR count). The molecule has 0 aliphatic carbocycles. The van der Waals surface area contributed by atoms with Crippen molar-refractivity contribution in [1.29, 1.82) is 0 Å². The monoisotopic (exact) mass is 377 g/mol. The molecule has 1 saturated heterocycles. The second kappa shape index (κ2) is 7.03. The van der Waals surface area contributed by atoms with Gasteiger partial charge in [-0.1, -0.05) is 31.3 Å². The fourth-order valence-electron chi connectivity index (χ4n) is 3.38. The molecule has 0 spiro atoms. The molecule has 6 nitrogen and oxygen atoms in total. The average Bonchev–Trinajstić information content (AvgIpc) is 3.35. The summed E-state index contributed by atoms with van der Waals surface area (Å²) in [4.78, 5) is 12.5. The van der Waals surface area contributed by atoms with E-state index in [9.17, 15) is 5.11 Å². The van der Waals surface area contributed by atoms with Gasteiger partial charge in [-0.05, 0) is 18.0 Å². The molecular formula is C17H23N5OS2. The minimum Gasteiger partial charge on any atom is -0.492 e. The van der Waals surface area contributed by atoms with Crippen LogP contribution >= 0.6 is 22.7 Å². The summed E-state index contributed by atoms with van der Waals surface area (Å²) in [6.45, 7) is 9.48. The Kier molecular flexibility index (Phi) is 4.77. The van der Waals surface area contributed by atoms with Crippen LogP contribution in [-0.2, 0) is 6.42 Å². The molecule has 0 amide bonds. The highest BCUT2D eigenvalue weighted by Gasteiger charge is 2.32. The molecule has 0 bridgehead atoms. The summed E-state index contributed by atoms with van der Waals surface area (Å²) in [6.07, 6.45) is 0.774. The number of thiophene rings is 1. The summed E-state index contributed by atoms with van der Waals surface area (Å²) >= 11 is 3.30. The van der Waals surface area contributed by atoms with Crippen molar-refractivity contribution in [3.63, 3.8) is 0 Å². The molecule has 0 radical (unpaired) electrons. The molecular weight excluding hydrogens is 354 g/mol. The van der Waals surface area contributed by atoms with Crippen LogP contribution in [-0.4, -0.2) is 62.2 Å². The number of hydrogen-bond acceptors (Lipinski definition) is 7. The van der Waals surface area contributed by atoms with Gasteiger partial charge in [0.1, 0.15) is 0 Å². The van der Waals surface area contributed by atoms with Gasteiger partial charge in [0.2, 0.25) is 10.8 Å². The first-order chi connectivity index (χ1) is 12.2. The molecule has 3 aromatic rings. The van der Waals surface area contributed by atoms with E-state index in [1.54, 1.807) is 27.2 Å². The van der Waals surface area contributed by atoms with Gasteiger partial charge in [-0.25, -0.2) is 4.98 Å². The van der Waals surface area contributed by atoms with E-state index in [4.69, 9.17) is 0 Å². The maximum atomic E-state index is 10.8. The largest absolute Gasteiger partial charge is 0.492 e. The Morgan fingerprint density at radius 1 is 1.24 bits per heavy atom. The average molecular weight is 378 g/mol. The van der Waals surface area contributed by atoms with E-state index in [1.807, 2.05) is 6.92 Å². The number of fused-ring (bicyclic) bond motifs is 1. The number of rotatable bonds is 5. The molecule has 134 valence electrons. The Hall–Kier alpha value is -1.48. The lowest BCUT2D eigenvalue weighted by Gasteiger charge is -2.38. The second-order valence-corrected chi connectivity index (χ2v) is 8.24. The number of hydrogen-bond donors (Lipinski definition) is 1. The van der Waals surface area contributed by atoms with E-state index in [-0.39, 0.29) is 11.9 Å². The van der Waals surface area contributed by atoms with Gasteiger partial charge >= 0.3 is 0 Å². The SMILES string of the molecule is CCc1nc2sc(C(c3cccs3)N3CCN(CC)CC3)c(O)n2n1. The predicted octanol–water partition coefficient (Wildman–Crippen LogP) is 2.85. The molecule has 8 heteroatoms. The van der Waals surface area contributed by atoms with Crippen LogP contribution < -0.4 is 0 Å². The van der Waals surface area contributed by atoms with E-state index in [2.05, 4.69) is 44.3 Å². The summed E-state index contributed by atoms with van der Waals surface area (Å²) in [5.74, 6) is 1.01. The maximum absolute atomic E-state index is 10.8. The summed E-state index contributed by atoms with van der Waals surface area (Å²) in [5, 5.41) is 17.4. The quantitative estimate of drug-likeness (QED) is 0.741. The number of piperazine rings is 1. The van der Waals surface area contributed by atoms with Crippen LogP contribution in [0.2, 0.25) is 0 Å². The lowest BCUT2D eigenvalue weighted by Crippen LogP contribution is -2.47. The van der Waals surface area contributed by atoms with Crippen molar-refractivity contribution in [1.82, 2.24) is 24.4 Å². The van der Waals surface area contributed by atoms with Crippen molar-refractivity contribution in [2.24, 2.45) is 0 Å². The summed E-state index contributed by atoms with van der Waals surface area (Å²) in [7, 11) is 0. The van der Waals surface area contributed by atoms with Gasteiger partial charge in [-0.2, -0.15) is 4.52 Å². The molecule has 25 heavy (non-hydrogen) atoms. The zero-order chi connectivity index (χ0) is 17.4. The van der Waals surface area contributed by atoms with Crippen LogP contribution in [0.25, 0.3) is 4.96 Å². The zero-order valence-electron chi connectivity index (χ0n) is 14.6. The second-order valence-electron chi connectivity index (χ2n) is 6.25. The van der Waals surface area contributed by atoms with Crippen molar-refractivity contribution in [2.45, 2.75) is 26.3 Å². The fourth-order valence-corrected chi connectivity index (χ4v) is 5.45. The van der Waals surface area contributed by atoms with Crippen LogP contribution in [0.4, 0.5) is 0 Å². The van der Waals surface area contributed by atoms with Gasteiger partial charge < -0.3 is 10.0 Å². The third-order valence-electron chi connectivity index (χ3n) is 4.84. The van der Waals surface area contributed by atoms with Crippen molar-refractivity contribution >= 4 is 27.6 Å². The van der Waals surface area contributed by atoms with Gasteiger partial charge in [0.25, 0.3) is 0 Å². The molecule has 1 aliphatic heterocycles. The first kappa shape index (κ1) is 17.0. The van der Waals surface area contributed by atoms with Crippen LogP contribution in [0.15, 0.2) is 17.5 Å². The van der Waals surface area contributed by atoms with Crippen LogP contribution in [0, 0.1) is 0 Å². The molecule has 4 heterocycles. The third kappa shape index (κ3) is 3.08. The standard InChI is InChI=1S/C17H23N5OS2/c1-3-13-18-17-22(19-13)16(23)15(25-17)14(12-6-5-11-24-12)21-9-7-20(4-2)8-10-21/h5-6,11,14,23H,3-4,7-10H2,1-2H3. The van der Waals surface area contributed by atoms with Crippen molar-refractivity contribution < 1.29 is 5.11 Å². The first-order valence-corrected chi connectivity index (χ1v) is 10.5. The van der Waals surface area contributed by atoms with E-state index >= 15 is 0 Å². The van der Waals surface area contributed by atoms with Crippen molar-refractivity contribution in [3.05, 3.63) is 33.1 Å². The van der Waals surface area contributed by atoms with Crippen molar-refractivity contribution in [3.8, 4) is 5.88 Å². The third-order valence-corrected chi connectivity index (χ3v) is 6.84. The Morgan fingerprint density at radius 3 is 2.64 bits per heavy atom. The summed E-state index contributed by atoms with van der Waals surface area (Å²) in [5.41, 5.74) is 0. The van der Waals surface area contributed by atoms with Crippen LogP contribution in [0.5, 0.6) is 5.88 Å². The van der Waals surface area contributed by atoms with Gasteiger partial charge in [0.15, 0.2) is 5.82 Å². The van der Waals surface area contributed by atoms with E-state index < -0.39 is 0 Å². The molecule has 1 unspecified atom stereocenters. The minimum atomic E-state index is 0.0811. The molecule has 1 N–H and O–H groups in total. The zero-order valence-corrected chi connectivity index (χ0v) is 16.2. The van der Waals surface area contributed by atoms with Gasteiger partial charge in [0.05, 0.1) is 10.9 Å². The maximum Gasteiger partial charge on any atom is 0.230 e. The fraction of sp³-hybridized carbons (Fsp3) is 0.529. The number of thiazole rings is 1. The van der Waals surface area contributed by atoms with E-state index in [0.717, 1.165) is 54.8 Å². The lowest BCUT2D eigenvalue weighted by atomic mass is 10.1. The number of aryl methyl sites for hydroxylation is 1. The van der Waals surface area contributed by atoms with Crippen LogP contribution in [0.1, 0.15) is 35.5 Å². The van der Waals surface area contributed by atoms with Gasteiger partial charge in [0, 0.05) is 37.5 Å².